The highest BCUT2D eigenvalue weighted by molar-refractivity contribution is 6.31. The summed E-state index contributed by atoms with van der Waals surface area (Å²) in [5.74, 6) is -5.90. The molecule has 3 heterocycles. The predicted molar refractivity (Wildman–Crippen MR) is 205 cm³/mol. The first kappa shape index (κ1) is 43.1. The molecule has 3 saturated heterocycles. The maximum absolute atomic E-state index is 14.0. The molecule has 13 unspecified atom stereocenters. The Bertz CT molecular complexity index is 2000. The van der Waals surface area contributed by atoms with Crippen molar-refractivity contribution in [2.24, 2.45) is 0 Å². The molecule has 0 aromatic heterocycles. The van der Waals surface area contributed by atoms with E-state index < -0.39 is 125 Å². The van der Waals surface area contributed by atoms with Gasteiger partial charge in [-0.1, -0.05) is 6.92 Å². The summed E-state index contributed by atoms with van der Waals surface area (Å²) >= 11 is 0. The van der Waals surface area contributed by atoms with E-state index >= 15 is 0 Å². The molecule has 324 valence electrons. The SMILES string of the molecule is CCC1(O)CC(OC2CC(N(C)C)C(OC3CC(O)C(OC4CCC(=O)C(C)O4)C(C)O3)C(C)O2)c2c(cc3c(c2O)C(=O)c2c(O)ccc(O)c2C3=O)C1C(=O)OC.[HH]. The minimum Gasteiger partial charge on any atom is -0.507 e. The van der Waals surface area contributed by atoms with Gasteiger partial charge in [-0.05, 0) is 65.0 Å². The summed E-state index contributed by atoms with van der Waals surface area (Å²) in [6.45, 7) is 6.89. The number of benzene rings is 2. The minimum atomic E-state index is -1.81. The van der Waals surface area contributed by atoms with E-state index in [1.165, 1.54) is 6.07 Å². The Kier molecular flexibility index (Phi) is 12.0. The Morgan fingerprint density at radius 3 is 2.08 bits per heavy atom. The number of aromatic hydroxyl groups is 3. The highest BCUT2D eigenvalue weighted by atomic mass is 16.7. The molecule has 17 heteroatoms. The Balaban J connectivity index is 0.00000604. The van der Waals surface area contributed by atoms with E-state index in [9.17, 15) is 44.7 Å². The summed E-state index contributed by atoms with van der Waals surface area (Å²) in [6, 6.07) is 3.01. The van der Waals surface area contributed by atoms with Gasteiger partial charge in [-0.3, -0.25) is 19.2 Å². The van der Waals surface area contributed by atoms with E-state index in [1.807, 2.05) is 19.0 Å². The van der Waals surface area contributed by atoms with Crippen molar-refractivity contribution in [1.82, 2.24) is 4.90 Å². The molecule has 2 aliphatic carbocycles. The Labute approximate surface area is 342 Å². The molecule has 2 aromatic carbocycles. The molecular formula is C42H55NO16. The zero-order valence-electron chi connectivity index (χ0n) is 34.1. The number of fused-ring (bicyclic) bond motifs is 3. The van der Waals surface area contributed by atoms with Crippen LogP contribution in [0.25, 0.3) is 0 Å². The predicted octanol–water partition coefficient (Wildman–Crippen LogP) is 3.11. The van der Waals surface area contributed by atoms with E-state index in [4.69, 9.17) is 33.2 Å². The highest BCUT2D eigenvalue weighted by Gasteiger charge is 2.54. The monoisotopic (exact) mass is 829 g/mol. The van der Waals surface area contributed by atoms with Gasteiger partial charge >= 0.3 is 5.97 Å². The second-order valence-electron chi connectivity index (χ2n) is 16.4. The summed E-state index contributed by atoms with van der Waals surface area (Å²) < 4.78 is 42.6. The topological polar surface area (TPSA) is 237 Å². The molecule has 0 bridgehead atoms. The highest BCUT2D eigenvalue weighted by Crippen LogP contribution is 2.54. The number of phenols is 3. The molecule has 5 N–H and O–H groups in total. The van der Waals surface area contributed by atoms with Gasteiger partial charge in [-0.2, -0.15) is 0 Å². The molecule has 59 heavy (non-hydrogen) atoms. The number of esters is 1. The number of hydrogen-bond acceptors (Lipinski definition) is 17. The fourth-order valence-corrected chi connectivity index (χ4v) is 9.33. The zero-order valence-corrected chi connectivity index (χ0v) is 34.1. The molecule has 3 fully saturated rings. The fraction of sp³-hybridized carbons (Fsp3) is 0.619. The number of methoxy groups -OCH3 is 1. The van der Waals surface area contributed by atoms with Crippen LogP contribution < -0.4 is 0 Å². The normalized spacial score (nSPS) is 35.9. The van der Waals surface area contributed by atoms with Crippen molar-refractivity contribution in [1.29, 1.82) is 0 Å². The van der Waals surface area contributed by atoms with Crippen LogP contribution in [0, 0.1) is 0 Å². The molecule has 0 radical (unpaired) electrons. The number of Topliss-reactive ketones (excluding diaryl/α,β-unsaturated/α-hetero) is 1. The fourth-order valence-electron chi connectivity index (χ4n) is 9.33. The lowest BCUT2D eigenvalue weighted by atomic mass is 9.67. The van der Waals surface area contributed by atoms with E-state index in [0.29, 0.717) is 12.8 Å². The average molecular weight is 830 g/mol. The van der Waals surface area contributed by atoms with Gasteiger partial charge in [0.25, 0.3) is 0 Å². The van der Waals surface area contributed by atoms with Gasteiger partial charge < -0.3 is 63.6 Å². The standard InChI is InChI=1S/C42H53NO16.H2/c1-8-42(52)16-27(31-20(35(42)41(51)53-7)13-21-32(37(31)49)38(50)34-25(46)10-9-24(45)33(34)36(21)48)57-29-14-22(43(5)6)39(18(3)55-29)59-30-15-26(47)40(19(4)56-30)58-28-12-11-23(44)17(2)54-28;/h9-10,13,17-19,22,26-30,35,39-40,45-47,49,52H,8,11-12,14-16H2,1-7H3;1H. The zero-order chi connectivity index (χ0) is 42.8. The van der Waals surface area contributed by atoms with E-state index in [0.717, 1.165) is 19.2 Å². The molecule has 0 amide bonds. The van der Waals surface area contributed by atoms with Crippen molar-refractivity contribution < 1.29 is 79.3 Å². The molecule has 7 rings (SSSR count). The van der Waals surface area contributed by atoms with Crippen LogP contribution in [-0.2, 0) is 42.7 Å². The summed E-state index contributed by atoms with van der Waals surface area (Å²) in [4.78, 5) is 55.1. The van der Waals surface area contributed by atoms with Crippen molar-refractivity contribution in [3.63, 3.8) is 0 Å². The smallest absolute Gasteiger partial charge is 0.316 e. The van der Waals surface area contributed by atoms with E-state index in [2.05, 4.69) is 0 Å². The first-order valence-electron chi connectivity index (χ1n) is 20.0. The lowest BCUT2D eigenvalue weighted by Gasteiger charge is -2.48. The van der Waals surface area contributed by atoms with Crippen molar-refractivity contribution in [2.75, 3.05) is 21.2 Å². The number of rotatable bonds is 9. The largest absolute Gasteiger partial charge is 0.507 e. The second-order valence-corrected chi connectivity index (χ2v) is 16.4. The van der Waals surface area contributed by atoms with Crippen LogP contribution in [0.5, 0.6) is 17.2 Å². The molecule has 0 saturated carbocycles. The maximum Gasteiger partial charge on any atom is 0.316 e. The van der Waals surface area contributed by atoms with Gasteiger partial charge in [0, 0.05) is 50.7 Å². The number of nitrogens with zero attached hydrogens (tertiary/aromatic N) is 1. The number of carbonyl (C=O) groups is 4. The van der Waals surface area contributed by atoms with Crippen LogP contribution in [-0.4, -0.2) is 142 Å². The number of aliphatic hydroxyl groups excluding tert-OH is 1. The van der Waals surface area contributed by atoms with Crippen LogP contribution in [0.4, 0.5) is 0 Å². The molecule has 3 aliphatic heterocycles. The number of aliphatic hydroxyl groups is 2. The van der Waals surface area contributed by atoms with Crippen LogP contribution in [0.15, 0.2) is 18.2 Å². The van der Waals surface area contributed by atoms with Gasteiger partial charge in [0.2, 0.25) is 5.78 Å². The number of phenolic OH excluding ortho intramolecular Hbond substituents is 3. The third-order valence-electron chi connectivity index (χ3n) is 12.5. The first-order chi connectivity index (χ1) is 27.9. The van der Waals surface area contributed by atoms with Crippen molar-refractivity contribution in [3.05, 3.63) is 51.6 Å². The summed E-state index contributed by atoms with van der Waals surface area (Å²) in [5, 5.41) is 56.5. The van der Waals surface area contributed by atoms with Crippen molar-refractivity contribution in [2.45, 2.75) is 145 Å². The Hall–Kier alpha value is -4.04. The van der Waals surface area contributed by atoms with E-state index in [1.54, 1.807) is 27.7 Å². The van der Waals surface area contributed by atoms with Gasteiger partial charge in [0.1, 0.15) is 41.5 Å². The maximum atomic E-state index is 14.0. The van der Waals surface area contributed by atoms with E-state index in [-0.39, 0.29) is 55.6 Å². The molecule has 13 atom stereocenters. The minimum absolute atomic E-state index is 0. The Morgan fingerprint density at radius 1 is 0.881 bits per heavy atom. The number of carbonyl (C=O) groups excluding carboxylic acids is 4. The van der Waals surface area contributed by atoms with Crippen LogP contribution >= 0.6 is 0 Å². The summed E-state index contributed by atoms with van der Waals surface area (Å²) in [5.41, 5.74) is -3.58. The number of ketones is 3. The molecule has 0 spiro atoms. The average Bonchev–Trinajstić information content (AvgIpc) is 3.17. The lowest BCUT2D eigenvalue weighted by molar-refractivity contribution is -0.324. The molecule has 17 nitrogen and oxygen atoms in total. The third kappa shape index (κ3) is 7.65. The molecule has 5 aliphatic rings. The summed E-state index contributed by atoms with van der Waals surface area (Å²) in [6.07, 6.45) is -6.99. The number of hydrogen-bond donors (Lipinski definition) is 5. The van der Waals surface area contributed by atoms with Gasteiger partial charge in [-0.25, -0.2) is 0 Å². The second kappa shape index (κ2) is 16.4. The van der Waals surface area contributed by atoms with Crippen LogP contribution in [0.1, 0.15) is 123 Å². The third-order valence-corrected chi connectivity index (χ3v) is 12.5. The van der Waals surface area contributed by atoms with Crippen LogP contribution in [0.2, 0.25) is 0 Å². The molecule has 2 aromatic rings. The summed E-state index contributed by atoms with van der Waals surface area (Å²) in [7, 11) is 4.85. The lowest BCUT2D eigenvalue weighted by Crippen LogP contribution is -2.58. The first-order valence-corrected chi connectivity index (χ1v) is 20.0. The van der Waals surface area contributed by atoms with Gasteiger partial charge in [0.15, 0.2) is 30.4 Å². The van der Waals surface area contributed by atoms with Gasteiger partial charge in [-0.15, -0.1) is 0 Å². The van der Waals surface area contributed by atoms with Gasteiger partial charge in [0.05, 0.1) is 53.8 Å². The quantitative estimate of drug-likeness (QED) is 0.154. The Morgan fingerprint density at radius 2 is 1.49 bits per heavy atom. The molecular weight excluding hydrogens is 774 g/mol. The van der Waals surface area contributed by atoms with Crippen molar-refractivity contribution >= 4 is 23.3 Å². The van der Waals surface area contributed by atoms with Crippen LogP contribution in [0.3, 0.4) is 0 Å². The van der Waals surface area contributed by atoms with Crippen molar-refractivity contribution in [3.8, 4) is 17.2 Å². The number of likely N-dealkylation sites (N-methyl/N-ethyl adjacent to an activating group) is 1. The number of ether oxygens (including phenoxy) is 7.